The summed E-state index contributed by atoms with van der Waals surface area (Å²) >= 11 is 0. The number of hydrogen-bond acceptors (Lipinski definition) is 2. The molecule has 2 unspecified atom stereocenters. The zero-order valence-electron chi connectivity index (χ0n) is 13.8. The van der Waals surface area contributed by atoms with Gasteiger partial charge in [-0.2, -0.15) is 0 Å². The van der Waals surface area contributed by atoms with Gasteiger partial charge in [0.05, 0.1) is 0 Å². The Kier molecular flexibility index (Phi) is 4.62. The minimum Gasteiger partial charge on any atom is -0.312 e. The molecule has 2 fully saturated rings. The SMILES string of the molecule is CCCNC1C(N2CCCC2(C)C)CCCC1(C)C. The lowest BCUT2D eigenvalue weighted by atomic mass is 9.69. The lowest BCUT2D eigenvalue weighted by molar-refractivity contribution is 0.0153. The number of nitrogens with one attached hydrogen (secondary N) is 1. The van der Waals surface area contributed by atoms with Crippen LogP contribution in [0.3, 0.4) is 0 Å². The fourth-order valence-corrected chi connectivity index (χ4v) is 4.40. The van der Waals surface area contributed by atoms with Crippen molar-refractivity contribution >= 4 is 0 Å². The minimum atomic E-state index is 0.407. The molecule has 2 aliphatic rings. The Labute approximate surface area is 120 Å². The summed E-state index contributed by atoms with van der Waals surface area (Å²) in [5.41, 5.74) is 0.848. The molecule has 1 aliphatic carbocycles. The van der Waals surface area contributed by atoms with Gasteiger partial charge in [-0.05, 0) is 64.5 Å². The van der Waals surface area contributed by atoms with Crippen LogP contribution in [0.4, 0.5) is 0 Å². The summed E-state index contributed by atoms with van der Waals surface area (Å²) in [6, 6.07) is 1.41. The zero-order valence-corrected chi connectivity index (χ0v) is 13.8. The predicted octanol–water partition coefficient (Wildman–Crippen LogP) is 3.81. The van der Waals surface area contributed by atoms with E-state index in [0.717, 1.165) is 6.04 Å². The molecule has 0 bridgehead atoms. The minimum absolute atomic E-state index is 0.407. The molecule has 2 atom stereocenters. The van der Waals surface area contributed by atoms with Crippen molar-refractivity contribution in [2.24, 2.45) is 5.41 Å². The van der Waals surface area contributed by atoms with Gasteiger partial charge in [-0.3, -0.25) is 4.90 Å². The molecule has 1 saturated carbocycles. The molecule has 2 rings (SSSR count). The molecule has 112 valence electrons. The van der Waals surface area contributed by atoms with Gasteiger partial charge in [0, 0.05) is 17.6 Å². The van der Waals surface area contributed by atoms with E-state index in [1.807, 2.05) is 0 Å². The molecule has 2 heteroatoms. The third kappa shape index (κ3) is 3.16. The monoisotopic (exact) mass is 266 g/mol. The van der Waals surface area contributed by atoms with Gasteiger partial charge in [-0.1, -0.05) is 27.2 Å². The molecule has 1 N–H and O–H groups in total. The smallest absolute Gasteiger partial charge is 0.0274 e. The Morgan fingerprint density at radius 3 is 2.42 bits per heavy atom. The summed E-state index contributed by atoms with van der Waals surface area (Å²) in [5.74, 6) is 0. The Morgan fingerprint density at radius 1 is 1.11 bits per heavy atom. The van der Waals surface area contributed by atoms with E-state index < -0.39 is 0 Å². The number of hydrogen-bond donors (Lipinski definition) is 1. The van der Waals surface area contributed by atoms with Crippen LogP contribution in [0.25, 0.3) is 0 Å². The highest BCUT2D eigenvalue weighted by Gasteiger charge is 2.46. The molecule has 0 aromatic heterocycles. The maximum atomic E-state index is 3.88. The van der Waals surface area contributed by atoms with Crippen molar-refractivity contribution in [1.82, 2.24) is 10.2 Å². The van der Waals surface area contributed by atoms with Gasteiger partial charge < -0.3 is 5.32 Å². The largest absolute Gasteiger partial charge is 0.312 e. The second-order valence-electron chi connectivity index (χ2n) is 7.99. The van der Waals surface area contributed by atoms with Crippen LogP contribution < -0.4 is 5.32 Å². The van der Waals surface area contributed by atoms with E-state index in [1.165, 1.54) is 51.6 Å². The molecular weight excluding hydrogens is 232 g/mol. The van der Waals surface area contributed by atoms with Gasteiger partial charge in [-0.25, -0.2) is 0 Å². The number of nitrogens with zero attached hydrogens (tertiary/aromatic N) is 1. The van der Waals surface area contributed by atoms with Crippen LogP contribution in [0, 0.1) is 5.41 Å². The maximum Gasteiger partial charge on any atom is 0.0274 e. The summed E-state index contributed by atoms with van der Waals surface area (Å²) in [6.45, 7) is 14.6. The fraction of sp³-hybridized carbons (Fsp3) is 1.00. The van der Waals surface area contributed by atoms with Gasteiger partial charge in [0.25, 0.3) is 0 Å². The summed E-state index contributed by atoms with van der Waals surface area (Å²) in [6.07, 6.45) is 8.14. The lowest BCUT2D eigenvalue weighted by Crippen LogP contribution is -2.61. The second kappa shape index (κ2) is 5.73. The van der Waals surface area contributed by atoms with Gasteiger partial charge in [0.2, 0.25) is 0 Å². The molecule has 0 aromatic carbocycles. The van der Waals surface area contributed by atoms with Gasteiger partial charge in [0.15, 0.2) is 0 Å². The topological polar surface area (TPSA) is 15.3 Å². The highest BCUT2D eigenvalue weighted by Crippen LogP contribution is 2.42. The normalized spacial score (nSPS) is 34.6. The van der Waals surface area contributed by atoms with Crippen LogP contribution in [0.1, 0.15) is 73.1 Å². The molecule has 19 heavy (non-hydrogen) atoms. The van der Waals surface area contributed by atoms with Crippen molar-refractivity contribution in [3.8, 4) is 0 Å². The van der Waals surface area contributed by atoms with Crippen molar-refractivity contribution in [2.75, 3.05) is 13.1 Å². The average molecular weight is 266 g/mol. The molecule has 1 saturated heterocycles. The first-order valence-corrected chi connectivity index (χ1v) is 8.38. The molecule has 2 nitrogen and oxygen atoms in total. The van der Waals surface area contributed by atoms with Crippen molar-refractivity contribution < 1.29 is 0 Å². The summed E-state index contributed by atoms with van der Waals surface area (Å²) < 4.78 is 0. The number of rotatable bonds is 4. The number of likely N-dealkylation sites (tertiary alicyclic amines) is 1. The third-order valence-corrected chi connectivity index (χ3v) is 5.53. The fourth-order valence-electron chi connectivity index (χ4n) is 4.40. The van der Waals surface area contributed by atoms with Crippen LogP contribution in [0.15, 0.2) is 0 Å². The van der Waals surface area contributed by atoms with E-state index in [9.17, 15) is 0 Å². The molecular formula is C17H34N2. The Morgan fingerprint density at radius 2 is 1.84 bits per heavy atom. The molecule has 0 spiro atoms. The Bertz CT molecular complexity index is 296. The quantitative estimate of drug-likeness (QED) is 0.832. The molecule has 1 aliphatic heterocycles. The van der Waals surface area contributed by atoms with Crippen LogP contribution in [0.5, 0.6) is 0 Å². The van der Waals surface area contributed by atoms with Gasteiger partial charge in [-0.15, -0.1) is 0 Å². The van der Waals surface area contributed by atoms with Crippen LogP contribution in [0.2, 0.25) is 0 Å². The van der Waals surface area contributed by atoms with E-state index in [2.05, 4.69) is 44.8 Å². The van der Waals surface area contributed by atoms with Gasteiger partial charge in [0.1, 0.15) is 0 Å². The van der Waals surface area contributed by atoms with E-state index in [0.29, 0.717) is 17.0 Å². The van der Waals surface area contributed by atoms with Crippen LogP contribution in [-0.2, 0) is 0 Å². The van der Waals surface area contributed by atoms with E-state index >= 15 is 0 Å². The second-order valence-corrected chi connectivity index (χ2v) is 7.99. The third-order valence-electron chi connectivity index (χ3n) is 5.53. The zero-order chi connectivity index (χ0) is 14.1. The molecule has 0 aromatic rings. The summed E-state index contributed by atoms with van der Waals surface area (Å²) in [7, 11) is 0. The summed E-state index contributed by atoms with van der Waals surface area (Å²) in [4.78, 5) is 2.82. The van der Waals surface area contributed by atoms with E-state index in [-0.39, 0.29) is 0 Å². The van der Waals surface area contributed by atoms with Gasteiger partial charge >= 0.3 is 0 Å². The van der Waals surface area contributed by atoms with Crippen LogP contribution in [-0.4, -0.2) is 35.6 Å². The Balaban J connectivity index is 2.15. The van der Waals surface area contributed by atoms with E-state index in [1.54, 1.807) is 0 Å². The predicted molar refractivity (Wildman–Crippen MR) is 83.5 cm³/mol. The van der Waals surface area contributed by atoms with Crippen molar-refractivity contribution in [1.29, 1.82) is 0 Å². The van der Waals surface area contributed by atoms with Crippen LogP contribution >= 0.6 is 0 Å². The van der Waals surface area contributed by atoms with Crippen molar-refractivity contribution in [3.05, 3.63) is 0 Å². The van der Waals surface area contributed by atoms with Crippen molar-refractivity contribution in [2.45, 2.75) is 90.8 Å². The standard InChI is InChI=1S/C17H34N2/c1-6-12-18-15-14(9-7-10-16(15,2)3)19-13-8-11-17(19,4)5/h14-15,18H,6-13H2,1-5H3. The maximum absolute atomic E-state index is 3.88. The highest BCUT2D eigenvalue weighted by atomic mass is 15.3. The van der Waals surface area contributed by atoms with E-state index in [4.69, 9.17) is 0 Å². The highest BCUT2D eigenvalue weighted by molar-refractivity contribution is 5.03. The lowest BCUT2D eigenvalue weighted by Gasteiger charge is -2.51. The first kappa shape index (κ1) is 15.3. The average Bonchev–Trinajstić information content (AvgIpc) is 2.66. The van der Waals surface area contributed by atoms with Crippen molar-refractivity contribution in [3.63, 3.8) is 0 Å². The summed E-state index contributed by atoms with van der Waals surface area (Å²) in [5, 5.41) is 3.88. The molecule has 0 radical (unpaired) electrons. The molecule has 0 amide bonds. The first-order valence-electron chi connectivity index (χ1n) is 8.38. The Hall–Kier alpha value is -0.0800. The molecule has 1 heterocycles. The first-order chi connectivity index (χ1) is 8.88.